The molecule has 15 heavy (non-hydrogen) atoms. The molecule has 0 saturated heterocycles. The fourth-order valence-corrected chi connectivity index (χ4v) is 2.02. The molecule has 1 aromatic rings. The lowest BCUT2D eigenvalue weighted by atomic mass is 10.3. The molecule has 0 aromatic heterocycles. The van der Waals surface area contributed by atoms with E-state index in [4.69, 9.17) is 12.2 Å². The van der Waals surface area contributed by atoms with Gasteiger partial charge in [0.15, 0.2) is 5.11 Å². The number of rotatable bonds is 3. The zero-order chi connectivity index (χ0) is 11.3. The maximum atomic E-state index is 5.31. The second-order valence-corrected chi connectivity index (χ2v) is 4.32. The highest BCUT2D eigenvalue weighted by atomic mass is 79.9. The fourth-order valence-electron chi connectivity index (χ4n) is 1.27. The van der Waals surface area contributed by atoms with Crippen molar-refractivity contribution in [3.63, 3.8) is 0 Å². The first kappa shape index (κ1) is 12.5. The molecule has 0 heterocycles. The van der Waals surface area contributed by atoms with Crippen molar-refractivity contribution in [3.8, 4) is 0 Å². The summed E-state index contributed by atoms with van der Waals surface area (Å²) in [5.41, 5.74) is 1.01. The third-order valence-corrected chi connectivity index (χ3v) is 3.22. The Kier molecular flexibility index (Phi) is 5.05. The molecule has 0 radical (unpaired) electrons. The summed E-state index contributed by atoms with van der Waals surface area (Å²) in [4.78, 5) is 2.11. The van der Waals surface area contributed by atoms with Gasteiger partial charge in [-0.25, -0.2) is 0 Å². The van der Waals surface area contributed by atoms with Gasteiger partial charge in [-0.2, -0.15) is 0 Å². The number of thiocarbonyl (C=S) groups is 1. The number of anilines is 1. The van der Waals surface area contributed by atoms with E-state index in [1.807, 2.05) is 24.3 Å². The van der Waals surface area contributed by atoms with Gasteiger partial charge in [-0.15, -0.1) is 0 Å². The number of benzene rings is 1. The van der Waals surface area contributed by atoms with E-state index >= 15 is 0 Å². The molecule has 0 spiro atoms. The van der Waals surface area contributed by atoms with Crippen LogP contribution in [0.2, 0.25) is 0 Å². The summed E-state index contributed by atoms with van der Waals surface area (Å²) in [7, 11) is 0. The third-order valence-electron chi connectivity index (χ3n) is 2.17. The largest absolute Gasteiger partial charge is 0.350 e. The second-order valence-electron chi connectivity index (χ2n) is 3.08. The number of nitrogens with zero attached hydrogens (tertiary/aromatic N) is 1. The van der Waals surface area contributed by atoms with Crippen LogP contribution in [0, 0.1) is 0 Å². The minimum Gasteiger partial charge on any atom is -0.350 e. The van der Waals surface area contributed by atoms with Crippen LogP contribution in [0.5, 0.6) is 0 Å². The van der Waals surface area contributed by atoms with Crippen LogP contribution < -0.4 is 5.32 Å². The van der Waals surface area contributed by atoms with Gasteiger partial charge in [-0.3, -0.25) is 0 Å². The normalized spacial score (nSPS) is 9.80. The SMILES string of the molecule is CCN(CC)C(=S)Nc1ccccc1Br. The lowest BCUT2D eigenvalue weighted by Crippen LogP contribution is -2.34. The smallest absolute Gasteiger partial charge is 0.173 e. The highest BCUT2D eigenvalue weighted by Crippen LogP contribution is 2.21. The van der Waals surface area contributed by atoms with Gasteiger partial charge in [0, 0.05) is 17.6 Å². The lowest BCUT2D eigenvalue weighted by Gasteiger charge is -2.22. The van der Waals surface area contributed by atoms with E-state index in [0.29, 0.717) is 0 Å². The van der Waals surface area contributed by atoms with Crippen molar-refractivity contribution in [2.75, 3.05) is 18.4 Å². The van der Waals surface area contributed by atoms with Gasteiger partial charge < -0.3 is 10.2 Å². The molecule has 4 heteroatoms. The fraction of sp³-hybridized carbons (Fsp3) is 0.364. The average Bonchev–Trinajstić information content (AvgIpc) is 2.23. The third kappa shape index (κ3) is 3.47. The first-order valence-electron chi connectivity index (χ1n) is 4.99. The minimum atomic E-state index is 0.770. The number of para-hydroxylation sites is 1. The van der Waals surface area contributed by atoms with E-state index in [0.717, 1.165) is 28.4 Å². The Hall–Kier alpha value is -0.610. The van der Waals surface area contributed by atoms with Crippen LogP contribution in [-0.2, 0) is 0 Å². The van der Waals surface area contributed by atoms with Crippen molar-refractivity contribution >= 4 is 38.9 Å². The molecule has 0 amide bonds. The predicted molar refractivity (Wildman–Crippen MR) is 73.3 cm³/mol. The Morgan fingerprint density at radius 3 is 2.47 bits per heavy atom. The molecule has 1 aromatic carbocycles. The van der Waals surface area contributed by atoms with E-state index in [9.17, 15) is 0 Å². The molecule has 0 fully saturated rings. The Balaban J connectivity index is 2.70. The van der Waals surface area contributed by atoms with Crippen molar-refractivity contribution in [3.05, 3.63) is 28.7 Å². The molecule has 0 aliphatic rings. The topological polar surface area (TPSA) is 15.3 Å². The molecule has 0 bridgehead atoms. The Labute approximate surface area is 105 Å². The van der Waals surface area contributed by atoms with Crippen LogP contribution in [0.25, 0.3) is 0 Å². The highest BCUT2D eigenvalue weighted by Gasteiger charge is 2.06. The number of hydrogen-bond donors (Lipinski definition) is 1. The summed E-state index contributed by atoms with van der Waals surface area (Å²) in [6.07, 6.45) is 0. The Bertz CT molecular complexity index is 337. The first-order valence-corrected chi connectivity index (χ1v) is 6.19. The van der Waals surface area contributed by atoms with Crippen LogP contribution in [0.3, 0.4) is 0 Å². The maximum Gasteiger partial charge on any atom is 0.173 e. The molecule has 82 valence electrons. The average molecular weight is 287 g/mol. The molecule has 1 rings (SSSR count). The van der Waals surface area contributed by atoms with Gasteiger partial charge in [-0.05, 0) is 54.1 Å². The van der Waals surface area contributed by atoms with Gasteiger partial charge in [0.1, 0.15) is 0 Å². The van der Waals surface area contributed by atoms with E-state index < -0.39 is 0 Å². The summed E-state index contributed by atoms with van der Waals surface area (Å²) >= 11 is 8.79. The van der Waals surface area contributed by atoms with Crippen molar-refractivity contribution in [1.82, 2.24) is 4.90 Å². The molecule has 0 aliphatic heterocycles. The maximum absolute atomic E-state index is 5.31. The van der Waals surface area contributed by atoms with E-state index in [1.165, 1.54) is 0 Å². The van der Waals surface area contributed by atoms with Gasteiger partial charge in [-0.1, -0.05) is 12.1 Å². The van der Waals surface area contributed by atoms with Crippen molar-refractivity contribution in [1.29, 1.82) is 0 Å². The molecule has 0 atom stereocenters. The Morgan fingerprint density at radius 1 is 1.33 bits per heavy atom. The first-order chi connectivity index (χ1) is 7.19. The van der Waals surface area contributed by atoms with Gasteiger partial charge in [0.2, 0.25) is 0 Å². The van der Waals surface area contributed by atoms with Crippen LogP contribution in [-0.4, -0.2) is 23.1 Å². The van der Waals surface area contributed by atoms with Gasteiger partial charge >= 0.3 is 0 Å². The zero-order valence-electron chi connectivity index (χ0n) is 8.96. The lowest BCUT2D eigenvalue weighted by molar-refractivity contribution is 0.473. The summed E-state index contributed by atoms with van der Waals surface area (Å²) in [6, 6.07) is 7.96. The standard InChI is InChI=1S/C11H15BrN2S/c1-3-14(4-2)11(15)13-10-8-6-5-7-9(10)12/h5-8H,3-4H2,1-2H3,(H,13,15). The summed E-state index contributed by atoms with van der Waals surface area (Å²) in [6.45, 7) is 6.04. The molecular formula is C11H15BrN2S. The van der Waals surface area contributed by atoms with Crippen molar-refractivity contribution < 1.29 is 0 Å². The molecule has 0 saturated carbocycles. The molecule has 2 nitrogen and oxygen atoms in total. The van der Waals surface area contributed by atoms with Crippen molar-refractivity contribution in [2.45, 2.75) is 13.8 Å². The highest BCUT2D eigenvalue weighted by molar-refractivity contribution is 9.10. The quantitative estimate of drug-likeness (QED) is 0.857. The number of halogens is 1. The summed E-state index contributed by atoms with van der Waals surface area (Å²) in [5.74, 6) is 0. The van der Waals surface area contributed by atoms with Crippen LogP contribution >= 0.6 is 28.1 Å². The van der Waals surface area contributed by atoms with Gasteiger partial charge in [0.05, 0.1) is 5.69 Å². The molecule has 1 N–H and O–H groups in total. The number of nitrogens with one attached hydrogen (secondary N) is 1. The molecule has 0 unspecified atom stereocenters. The van der Waals surface area contributed by atoms with Crippen LogP contribution in [0.4, 0.5) is 5.69 Å². The minimum absolute atomic E-state index is 0.770. The van der Waals surface area contributed by atoms with Crippen LogP contribution in [0.15, 0.2) is 28.7 Å². The predicted octanol–water partition coefficient (Wildman–Crippen LogP) is 3.49. The van der Waals surface area contributed by atoms with E-state index in [1.54, 1.807) is 0 Å². The van der Waals surface area contributed by atoms with E-state index in [-0.39, 0.29) is 0 Å². The molecular weight excluding hydrogens is 272 g/mol. The van der Waals surface area contributed by atoms with E-state index in [2.05, 4.69) is 40.0 Å². The summed E-state index contributed by atoms with van der Waals surface area (Å²) in [5, 5.41) is 3.99. The second kappa shape index (κ2) is 6.08. The number of hydrogen-bond acceptors (Lipinski definition) is 1. The zero-order valence-corrected chi connectivity index (χ0v) is 11.4. The van der Waals surface area contributed by atoms with Crippen LogP contribution in [0.1, 0.15) is 13.8 Å². The monoisotopic (exact) mass is 286 g/mol. The Morgan fingerprint density at radius 2 is 1.93 bits per heavy atom. The van der Waals surface area contributed by atoms with Crippen molar-refractivity contribution in [2.24, 2.45) is 0 Å². The van der Waals surface area contributed by atoms with Gasteiger partial charge in [0.25, 0.3) is 0 Å². The summed E-state index contributed by atoms with van der Waals surface area (Å²) < 4.78 is 1.03. The molecule has 0 aliphatic carbocycles.